The van der Waals surface area contributed by atoms with Gasteiger partial charge in [-0.25, -0.2) is 0 Å². The minimum Gasteiger partial charge on any atom is -0.377 e. The molecule has 2 heterocycles. The number of likely N-dealkylation sites (tertiary alicyclic amines) is 1. The van der Waals surface area contributed by atoms with Gasteiger partial charge in [0.2, 0.25) is 11.8 Å². The lowest BCUT2D eigenvalue weighted by Gasteiger charge is -2.38. The Labute approximate surface area is 164 Å². The lowest BCUT2D eigenvalue weighted by molar-refractivity contribution is -0.138. The van der Waals surface area contributed by atoms with E-state index in [0.717, 1.165) is 84.0 Å². The first-order valence-corrected chi connectivity index (χ1v) is 10.9. The fourth-order valence-corrected chi connectivity index (χ4v) is 4.64. The van der Waals surface area contributed by atoms with Gasteiger partial charge in [0.25, 0.3) is 0 Å². The highest BCUT2D eigenvalue weighted by Gasteiger charge is 2.30. The van der Waals surface area contributed by atoms with Crippen LogP contribution in [-0.4, -0.2) is 85.0 Å². The summed E-state index contributed by atoms with van der Waals surface area (Å²) in [7, 11) is 0. The van der Waals surface area contributed by atoms with Crippen LogP contribution in [0.15, 0.2) is 0 Å². The summed E-state index contributed by atoms with van der Waals surface area (Å²) in [6.45, 7) is 10.9. The molecule has 0 N–H and O–H groups in total. The third kappa shape index (κ3) is 5.92. The van der Waals surface area contributed by atoms with E-state index >= 15 is 0 Å². The second kappa shape index (κ2) is 9.87. The number of piperazine rings is 1. The Hall–Kier alpha value is -1.14. The van der Waals surface area contributed by atoms with Gasteiger partial charge >= 0.3 is 0 Å². The normalized spacial score (nSPS) is 28.4. The van der Waals surface area contributed by atoms with Gasteiger partial charge in [-0.1, -0.05) is 6.92 Å². The van der Waals surface area contributed by atoms with Gasteiger partial charge in [0.1, 0.15) is 0 Å². The van der Waals surface area contributed by atoms with Crippen LogP contribution in [0, 0.1) is 11.8 Å². The number of nitrogens with zero attached hydrogens (tertiary/aromatic N) is 3. The van der Waals surface area contributed by atoms with Crippen molar-refractivity contribution in [1.82, 2.24) is 14.7 Å². The number of carbonyl (C=O) groups excluding carboxylic acids is 2. The molecule has 3 rings (SSSR count). The van der Waals surface area contributed by atoms with Gasteiger partial charge in [-0.3, -0.25) is 14.5 Å². The van der Waals surface area contributed by atoms with Crippen LogP contribution in [0.1, 0.15) is 52.4 Å². The number of ether oxygens (including phenoxy) is 1. The summed E-state index contributed by atoms with van der Waals surface area (Å²) in [4.78, 5) is 30.5. The van der Waals surface area contributed by atoms with Gasteiger partial charge in [0.15, 0.2) is 0 Å². The first-order chi connectivity index (χ1) is 13.0. The standard InChI is InChI=1S/C21H37N3O3/c1-17-3-5-19(6-4-17)21(26)24-13-11-22(12-14-24)15-16-27-20-7-9-23(10-8-20)18(2)25/h17,19-20H,3-16H2,1-2H3. The van der Waals surface area contributed by atoms with Crippen molar-refractivity contribution in [2.75, 3.05) is 52.4 Å². The van der Waals surface area contributed by atoms with Crippen molar-refractivity contribution >= 4 is 11.8 Å². The molecule has 2 saturated heterocycles. The van der Waals surface area contributed by atoms with E-state index in [1.807, 2.05) is 4.90 Å². The molecular formula is C21H37N3O3. The molecule has 0 aromatic carbocycles. The number of carbonyl (C=O) groups is 2. The molecule has 6 nitrogen and oxygen atoms in total. The smallest absolute Gasteiger partial charge is 0.225 e. The van der Waals surface area contributed by atoms with Crippen molar-refractivity contribution in [2.45, 2.75) is 58.5 Å². The lowest BCUT2D eigenvalue weighted by atomic mass is 9.82. The zero-order valence-electron chi connectivity index (χ0n) is 17.2. The highest BCUT2D eigenvalue weighted by Crippen LogP contribution is 2.29. The summed E-state index contributed by atoms with van der Waals surface area (Å²) in [5.41, 5.74) is 0. The van der Waals surface area contributed by atoms with Crippen molar-refractivity contribution in [3.05, 3.63) is 0 Å². The topological polar surface area (TPSA) is 53.1 Å². The van der Waals surface area contributed by atoms with Crippen LogP contribution in [0.25, 0.3) is 0 Å². The number of hydrogen-bond donors (Lipinski definition) is 0. The number of rotatable bonds is 5. The van der Waals surface area contributed by atoms with E-state index in [2.05, 4.69) is 16.7 Å². The molecular weight excluding hydrogens is 342 g/mol. The van der Waals surface area contributed by atoms with Gasteiger partial charge in [-0.05, 0) is 44.4 Å². The summed E-state index contributed by atoms with van der Waals surface area (Å²) in [5.74, 6) is 1.64. The molecule has 3 aliphatic rings. The monoisotopic (exact) mass is 379 g/mol. The van der Waals surface area contributed by atoms with E-state index in [1.54, 1.807) is 6.92 Å². The van der Waals surface area contributed by atoms with Crippen LogP contribution in [0.5, 0.6) is 0 Å². The van der Waals surface area contributed by atoms with Crippen molar-refractivity contribution in [3.63, 3.8) is 0 Å². The van der Waals surface area contributed by atoms with Gasteiger partial charge in [-0.15, -0.1) is 0 Å². The molecule has 2 amide bonds. The van der Waals surface area contributed by atoms with Crippen molar-refractivity contribution in [2.24, 2.45) is 11.8 Å². The summed E-state index contributed by atoms with van der Waals surface area (Å²) in [5, 5.41) is 0. The maximum Gasteiger partial charge on any atom is 0.225 e. The number of amides is 2. The van der Waals surface area contributed by atoms with E-state index in [1.165, 1.54) is 12.8 Å². The van der Waals surface area contributed by atoms with Crippen LogP contribution in [0.2, 0.25) is 0 Å². The summed E-state index contributed by atoms with van der Waals surface area (Å²) < 4.78 is 6.03. The Bertz CT molecular complexity index is 489. The van der Waals surface area contributed by atoms with Crippen molar-refractivity contribution in [3.8, 4) is 0 Å². The van der Waals surface area contributed by atoms with Crippen LogP contribution in [0.3, 0.4) is 0 Å². The van der Waals surface area contributed by atoms with E-state index in [0.29, 0.717) is 5.91 Å². The average molecular weight is 380 g/mol. The molecule has 0 spiro atoms. The Morgan fingerprint density at radius 1 is 0.852 bits per heavy atom. The minimum atomic E-state index is 0.170. The Kier molecular flexibility index (Phi) is 7.53. The third-order valence-electron chi connectivity index (χ3n) is 6.70. The zero-order chi connectivity index (χ0) is 19.2. The lowest BCUT2D eigenvalue weighted by Crippen LogP contribution is -2.51. The second-order valence-corrected chi connectivity index (χ2v) is 8.70. The van der Waals surface area contributed by atoms with Crippen LogP contribution >= 0.6 is 0 Å². The summed E-state index contributed by atoms with van der Waals surface area (Å²) >= 11 is 0. The molecule has 1 aliphatic carbocycles. The molecule has 0 bridgehead atoms. The van der Waals surface area contributed by atoms with Gasteiger partial charge in [0.05, 0.1) is 12.7 Å². The molecule has 27 heavy (non-hydrogen) atoms. The van der Waals surface area contributed by atoms with Crippen LogP contribution in [-0.2, 0) is 14.3 Å². The van der Waals surface area contributed by atoms with Crippen molar-refractivity contribution < 1.29 is 14.3 Å². The molecule has 2 aliphatic heterocycles. The second-order valence-electron chi connectivity index (χ2n) is 8.70. The quantitative estimate of drug-likeness (QED) is 0.733. The average Bonchev–Trinajstić information content (AvgIpc) is 2.69. The van der Waals surface area contributed by atoms with Gasteiger partial charge in [-0.2, -0.15) is 0 Å². The van der Waals surface area contributed by atoms with E-state index in [-0.39, 0.29) is 17.9 Å². The van der Waals surface area contributed by atoms with Crippen molar-refractivity contribution in [1.29, 1.82) is 0 Å². The molecule has 3 fully saturated rings. The van der Waals surface area contributed by atoms with E-state index < -0.39 is 0 Å². The largest absolute Gasteiger partial charge is 0.377 e. The zero-order valence-corrected chi connectivity index (χ0v) is 17.2. The highest BCUT2D eigenvalue weighted by atomic mass is 16.5. The SMILES string of the molecule is CC(=O)N1CCC(OCCN2CCN(C(=O)C3CCC(C)CC3)CC2)CC1. The molecule has 0 aromatic rings. The van der Waals surface area contributed by atoms with Crippen LogP contribution < -0.4 is 0 Å². The molecule has 6 heteroatoms. The molecule has 0 atom stereocenters. The maximum atomic E-state index is 12.7. The number of hydrogen-bond acceptors (Lipinski definition) is 4. The first-order valence-electron chi connectivity index (χ1n) is 10.9. The molecule has 0 aromatic heterocycles. The predicted molar refractivity (Wildman–Crippen MR) is 105 cm³/mol. The third-order valence-corrected chi connectivity index (χ3v) is 6.70. The first kappa shape index (κ1) is 20.6. The fourth-order valence-electron chi connectivity index (χ4n) is 4.64. The van der Waals surface area contributed by atoms with Gasteiger partial charge in [0, 0.05) is 58.7 Å². The minimum absolute atomic E-state index is 0.170. The van der Waals surface area contributed by atoms with Gasteiger partial charge < -0.3 is 14.5 Å². The van der Waals surface area contributed by atoms with E-state index in [9.17, 15) is 9.59 Å². The fraction of sp³-hybridized carbons (Fsp3) is 0.905. The molecule has 1 saturated carbocycles. The molecule has 0 unspecified atom stereocenters. The Balaban J connectivity index is 1.29. The Morgan fingerprint density at radius 2 is 1.48 bits per heavy atom. The predicted octanol–water partition coefficient (Wildman–Crippen LogP) is 1.98. The Morgan fingerprint density at radius 3 is 2.07 bits per heavy atom. The summed E-state index contributed by atoms with van der Waals surface area (Å²) in [6.07, 6.45) is 6.76. The molecule has 0 radical (unpaired) electrons. The van der Waals surface area contributed by atoms with Crippen LogP contribution in [0.4, 0.5) is 0 Å². The number of piperidine rings is 1. The summed E-state index contributed by atoms with van der Waals surface area (Å²) in [6, 6.07) is 0. The molecule has 154 valence electrons. The highest BCUT2D eigenvalue weighted by molar-refractivity contribution is 5.79. The van der Waals surface area contributed by atoms with E-state index in [4.69, 9.17) is 4.74 Å². The maximum absolute atomic E-state index is 12.7.